The Bertz CT molecular complexity index is 507. The van der Waals surface area contributed by atoms with Crippen LogP contribution in [0.15, 0.2) is 15.9 Å². The molecule has 0 spiro atoms. The summed E-state index contributed by atoms with van der Waals surface area (Å²) in [5.74, 6) is 0.478. The van der Waals surface area contributed by atoms with Crippen molar-refractivity contribution < 1.29 is 9.15 Å². The smallest absolute Gasteiger partial charge is 0.318 e. The third-order valence-corrected chi connectivity index (χ3v) is 3.84. The van der Waals surface area contributed by atoms with E-state index in [4.69, 9.17) is 20.8 Å². The van der Waals surface area contributed by atoms with Gasteiger partial charge in [0.05, 0.1) is 18.2 Å². The van der Waals surface area contributed by atoms with Crippen LogP contribution in [0.4, 0.5) is 6.01 Å². The van der Waals surface area contributed by atoms with Crippen LogP contribution in [0.5, 0.6) is 0 Å². The third kappa shape index (κ3) is 2.15. The van der Waals surface area contributed by atoms with Crippen molar-refractivity contribution in [3.63, 3.8) is 0 Å². The van der Waals surface area contributed by atoms with Crippen molar-refractivity contribution >= 4 is 29.0 Å². The highest BCUT2D eigenvalue weighted by atomic mass is 35.5. The van der Waals surface area contributed by atoms with Gasteiger partial charge in [-0.05, 0) is 11.4 Å². The maximum atomic E-state index is 6.02. The van der Waals surface area contributed by atoms with Crippen LogP contribution in [0.3, 0.4) is 0 Å². The molecule has 0 aliphatic carbocycles. The largest absolute Gasteiger partial charge is 0.402 e. The van der Waals surface area contributed by atoms with Crippen molar-refractivity contribution in [1.82, 2.24) is 10.2 Å². The number of hydrogen-bond donors (Lipinski definition) is 0. The summed E-state index contributed by atoms with van der Waals surface area (Å²) in [7, 11) is 0. The van der Waals surface area contributed by atoms with Gasteiger partial charge in [-0.1, -0.05) is 16.7 Å². The molecule has 0 N–H and O–H groups in total. The van der Waals surface area contributed by atoms with Crippen molar-refractivity contribution in [3.05, 3.63) is 16.5 Å². The van der Waals surface area contributed by atoms with Gasteiger partial charge in [0.1, 0.15) is 4.88 Å². The highest BCUT2D eigenvalue weighted by Gasteiger charge is 2.19. The number of aromatic nitrogens is 2. The maximum absolute atomic E-state index is 6.02. The summed E-state index contributed by atoms with van der Waals surface area (Å²) in [4.78, 5) is 2.83. The lowest BCUT2D eigenvalue weighted by Crippen LogP contribution is -2.36. The van der Waals surface area contributed by atoms with Crippen LogP contribution in [0.25, 0.3) is 10.8 Å². The summed E-state index contributed by atoms with van der Waals surface area (Å²) in [6, 6.07) is 2.35. The minimum absolute atomic E-state index is 0.478. The molecule has 0 saturated carbocycles. The molecule has 0 bridgehead atoms. The number of thiophene rings is 1. The molecule has 17 heavy (non-hydrogen) atoms. The van der Waals surface area contributed by atoms with E-state index in [0.29, 0.717) is 30.1 Å². The lowest BCUT2D eigenvalue weighted by atomic mass is 10.4. The molecule has 2 aromatic rings. The van der Waals surface area contributed by atoms with Gasteiger partial charge in [-0.3, -0.25) is 0 Å². The van der Waals surface area contributed by atoms with Gasteiger partial charge < -0.3 is 14.1 Å². The van der Waals surface area contributed by atoms with Crippen molar-refractivity contribution in [2.45, 2.75) is 0 Å². The normalized spacial score (nSPS) is 16.4. The zero-order valence-corrected chi connectivity index (χ0v) is 10.5. The van der Waals surface area contributed by atoms with E-state index in [-0.39, 0.29) is 0 Å². The second-order valence-electron chi connectivity index (χ2n) is 3.59. The van der Waals surface area contributed by atoms with Gasteiger partial charge in [0.2, 0.25) is 0 Å². The second-order valence-corrected chi connectivity index (χ2v) is 4.91. The highest BCUT2D eigenvalue weighted by Crippen LogP contribution is 2.33. The molecule has 1 fully saturated rings. The van der Waals surface area contributed by atoms with Crippen LogP contribution < -0.4 is 4.90 Å². The SMILES string of the molecule is Clc1ccsc1-c1nnc(N2CCOCC2)o1. The zero-order valence-electron chi connectivity index (χ0n) is 8.93. The number of ether oxygens (including phenoxy) is 1. The monoisotopic (exact) mass is 271 g/mol. The number of rotatable bonds is 2. The van der Waals surface area contributed by atoms with E-state index in [1.165, 1.54) is 11.3 Å². The molecular weight excluding hydrogens is 262 g/mol. The van der Waals surface area contributed by atoms with Gasteiger partial charge >= 0.3 is 6.01 Å². The van der Waals surface area contributed by atoms with Crippen LogP contribution >= 0.6 is 22.9 Å². The van der Waals surface area contributed by atoms with E-state index in [9.17, 15) is 0 Å². The number of anilines is 1. The van der Waals surface area contributed by atoms with E-state index in [1.807, 2.05) is 16.3 Å². The molecule has 3 heterocycles. The lowest BCUT2D eigenvalue weighted by molar-refractivity contribution is 0.120. The maximum Gasteiger partial charge on any atom is 0.318 e. The molecule has 5 nitrogen and oxygen atoms in total. The second kappa shape index (κ2) is 4.64. The topological polar surface area (TPSA) is 51.4 Å². The van der Waals surface area contributed by atoms with E-state index >= 15 is 0 Å². The van der Waals surface area contributed by atoms with E-state index in [0.717, 1.165) is 18.0 Å². The lowest BCUT2D eigenvalue weighted by Gasteiger charge is -2.24. The highest BCUT2D eigenvalue weighted by molar-refractivity contribution is 7.14. The molecule has 0 aromatic carbocycles. The molecule has 0 unspecified atom stereocenters. The molecule has 7 heteroatoms. The minimum Gasteiger partial charge on any atom is -0.402 e. The van der Waals surface area contributed by atoms with Gasteiger partial charge in [-0.25, -0.2) is 0 Å². The summed E-state index contributed by atoms with van der Waals surface area (Å²) in [6.45, 7) is 2.94. The van der Waals surface area contributed by atoms with Gasteiger partial charge in [0, 0.05) is 13.1 Å². The minimum atomic E-state index is 0.478. The molecule has 2 aromatic heterocycles. The van der Waals surface area contributed by atoms with E-state index in [1.54, 1.807) is 0 Å². The summed E-state index contributed by atoms with van der Waals surface area (Å²) in [5, 5.41) is 10.6. The van der Waals surface area contributed by atoms with E-state index < -0.39 is 0 Å². The Morgan fingerprint density at radius 2 is 2.12 bits per heavy atom. The Morgan fingerprint density at radius 1 is 1.29 bits per heavy atom. The summed E-state index contributed by atoms with van der Waals surface area (Å²) in [5.41, 5.74) is 0. The molecule has 0 radical (unpaired) electrons. The van der Waals surface area contributed by atoms with Crippen LogP contribution in [0, 0.1) is 0 Å². The van der Waals surface area contributed by atoms with Gasteiger partial charge in [0.15, 0.2) is 0 Å². The fourth-order valence-corrected chi connectivity index (χ4v) is 2.69. The first-order valence-corrected chi connectivity index (χ1v) is 6.50. The Hall–Kier alpha value is -1.11. The van der Waals surface area contributed by atoms with Crippen LogP contribution in [-0.2, 0) is 4.74 Å². The van der Waals surface area contributed by atoms with Gasteiger partial charge in [-0.15, -0.1) is 16.4 Å². The Labute approximate surface area is 107 Å². The van der Waals surface area contributed by atoms with Crippen LogP contribution in [0.1, 0.15) is 0 Å². The Morgan fingerprint density at radius 3 is 2.82 bits per heavy atom. The average Bonchev–Trinajstić information content (AvgIpc) is 2.98. The number of hydrogen-bond acceptors (Lipinski definition) is 6. The standard InChI is InChI=1S/C10H10ClN3O2S/c11-7-1-6-17-8(7)9-12-13-10(16-9)14-2-4-15-5-3-14/h1,6H,2-5H2. The molecule has 90 valence electrons. The van der Waals surface area contributed by atoms with E-state index in [2.05, 4.69) is 10.2 Å². The van der Waals surface area contributed by atoms with Gasteiger partial charge in [0.25, 0.3) is 5.89 Å². The fourth-order valence-electron chi connectivity index (χ4n) is 1.64. The molecule has 1 aliphatic rings. The average molecular weight is 272 g/mol. The van der Waals surface area contributed by atoms with Crippen molar-refractivity contribution in [1.29, 1.82) is 0 Å². The molecule has 1 saturated heterocycles. The van der Waals surface area contributed by atoms with Crippen LogP contribution in [-0.4, -0.2) is 36.5 Å². The first-order chi connectivity index (χ1) is 8.34. The van der Waals surface area contributed by atoms with Crippen molar-refractivity contribution in [2.24, 2.45) is 0 Å². The quantitative estimate of drug-likeness (QED) is 0.839. The molecule has 3 rings (SSSR count). The summed E-state index contributed by atoms with van der Waals surface area (Å²) in [6.07, 6.45) is 0. The Kier molecular flexibility index (Phi) is 3.00. The number of nitrogens with zero attached hydrogens (tertiary/aromatic N) is 3. The first-order valence-electron chi connectivity index (χ1n) is 5.24. The number of halogens is 1. The molecule has 0 amide bonds. The fraction of sp³-hybridized carbons (Fsp3) is 0.400. The summed E-state index contributed by atoms with van der Waals surface area (Å²) >= 11 is 7.51. The summed E-state index contributed by atoms with van der Waals surface area (Å²) < 4.78 is 10.9. The Balaban J connectivity index is 1.85. The van der Waals surface area contributed by atoms with Crippen molar-refractivity contribution in [2.75, 3.05) is 31.2 Å². The predicted molar refractivity (Wildman–Crippen MR) is 65.7 cm³/mol. The molecule has 1 aliphatic heterocycles. The molecular formula is C10H10ClN3O2S. The molecule has 0 atom stereocenters. The predicted octanol–water partition coefficient (Wildman–Crippen LogP) is 2.29. The van der Waals surface area contributed by atoms with Gasteiger partial charge in [-0.2, -0.15) is 0 Å². The number of morpholine rings is 1. The zero-order chi connectivity index (χ0) is 11.7. The van der Waals surface area contributed by atoms with Crippen molar-refractivity contribution in [3.8, 4) is 10.8 Å². The van der Waals surface area contributed by atoms with Crippen LogP contribution in [0.2, 0.25) is 5.02 Å². The third-order valence-electron chi connectivity index (χ3n) is 2.51. The first kappa shape index (κ1) is 11.0.